The topological polar surface area (TPSA) is 66.8 Å². The average molecular weight is 299 g/mol. The van der Waals surface area contributed by atoms with Crippen molar-refractivity contribution in [2.24, 2.45) is 0 Å². The molecular formula is C14H21NO4S. The number of hydrogen-bond donors (Lipinski definition) is 1. The number of benzene rings is 1. The second-order valence-corrected chi connectivity index (χ2v) is 6.80. The van der Waals surface area contributed by atoms with Crippen LogP contribution in [0.5, 0.6) is 0 Å². The van der Waals surface area contributed by atoms with E-state index >= 15 is 0 Å². The molecule has 1 fully saturated rings. The third-order valence-corrected chi connectivity index (χ3v) is 5.42. The van der Waals surface area contributed by atoms with Crippen LogP contribution in [0.25, 0.3) is 0 Å². The molecule has 1 saturated heterocycles. The fourth-order valence-electron chi connectivity index (χ4n) is 2.43. The van der Waals surface area contributed by atoms with E-state index in [2.05, 4.69) is 0 Å². The number of piperidine rings is 1. The second-order valence-electron chi connectivity index (χ2n) is 4.86. The molecule has 0 unspecified atom stereocenters. The van der Waals surface area contributed by atoms with E-state index in [-0.39, 0.29) is 17.6 Å². The van der Waals surface area contributed by atoms with Crippen LogP contribution in [0.3, 0.4) is 0 Å². The third kappa shape index (κ3) is 3.38. The Morgan fingerprint density at radius 2 is 2.05 bits per heavy atom. The zero-order chi connectivity index (χ0) is 14.6. The molecule has 0 amide bonds. The quantitative estimate of drug-likeness (QED) is 0.891. The second kappa shape index (κ2) is 6.67. The Kier molecular flexibility index (Phi) is 5.15. The van der Waals surface area contributed by atoms with Gasteiger partial charge in [-0.3, -0.25) is 0 Å². The zero-order valence-electron chi connectivity index (χ0n) is 11.7. The number of sulfonamides is 1. The average Bonchev–Trinajstić information content (AvgIpc) is 2.48. The van der Waals surface area contributed by atoms with Crippen LogP contribution < -0.4 is 0 Å². The molecule has 5 nitrogen and oxygen atoms in total. The van der Waals surface area contributed by atoms with Gasteiger partial charge in [0.25, 0.3) is 0 Å². The van der Waals surface area contributed by atoms with E-state index in [1.165, 1.54) is 10.4 Å². The lowest BCUT2D eigenvalue weighted by atomic mass is 10.1. The van der Waals surface area contributed by atoms with Gasteiger partial charge in [0.1, 0.15) is 0 Å². The molecule has 1 N–H and O–H groups in total. The molecule has 0 aliphatic carbocycles. The van der Waals surface area contributed by atoms with Gasteiger partial charge in [-0.1, -0.05) is 12.1 Å². The van der Waals surface area contributed by atoms with Crippen LogP contribution in [0, 0.1) is 0 Å². The minimum Gasteiger partial charge on any atom is -0.392 e. The minimum atomic E-state index is -3.47. The van der Waals surface area contributed by atoms with Crippen LogP contribution >= 0.6 is 0 Å². The van der Waals surface area contributed by atoms with Gasteiger partial charge in [0.15, 0.2) is 0 Å². The van der Waals surface area contributed by atoms with E-state index in [1.807, 2.05) is 6.92 Å². The van der Waals surface area contributed by atoms with Crippen molar-refractivity contribution in [2.75, 3.05) is 19.7 Å². The van der Waals surface area contributed by atoms with Gasteiger partial charge in [-0.25, -0.2) is 8.42 Å². The maximum Gasteiger partial charge on any atom is 0.243 e. The van der Waals surface area contributed by atoms with Gasteiger partial charge in [0.05, 0.1) is 17.6 Å². The first-order chi connectivity index (χ1) is 9.57. The Morgan fingerprint density at radius 3 is 2.65 bits per heavy atom. The number of ether oxygens (including phenoxy) is 1. The summed E-state index contributed by atoms with van der Waals surface area (Å²) in [5.41, 5.74) is 0.607. The SMILES string of the molecule is CCOC1CCN(S(=O)(=O)c2cccc(CO)c2)CC1. The van der Waals surface area contributed by atoms with Crippen LogP contribution in [0.4, 0.5) is 0 Å². The van der Waals surface area contributed by atoms with Crippen molar-refractivity contribution in [1.29, 1.82) is 0 Å². The lowest BCUT2D eigenvalue weighted by molar-refractivity contribution is 0.0290. The van der Waals surface area contributed by atoms with Gasteiger partial charge in [-0.05, 0) is 37.5 Å². The van der Waals surface area contributed by atoms with E-state index in [1.54, 1.807) is 18.2 Å². The molecule has 0 atom stereocenters. The predicted molar refractivity (Wildman–Crippen MR) is 75.8 cm³/mol. The van der Waals surface area contributed by atoms with Gasteiger partial charge in [-0.15, -0.1) is 0 Å². The highest BCUT2D eigenvalue weighted by atomic mass is 32.2. The van der Waals surface area contributed by atoms with Crippen LogP contribution in [-0.2, 0) is 21.4 Å². The van der Waals surface area contributed by atoms with E-state index in [0.717, 1.165) is 12.8 Å². The van der Waals surface area contributed by atoms with Crippen molar-refractivity contribution in [3.05, 3.63) is 29.8 Å². The van der Waals surface area contributed by atoms with Crippen molar-refractivity contribution in [2.45, 2.75) is 37.4 Å². The minimum absolute atomic E-state index is 0.157. The summed E-state index contributed by atoms with van der Waals surface area (Å²) in [5, 5.41) is 9.11. The monoisotopic (exact) mass is 299 g/mol. The van der Waals surface area contributed by atoms with Gasteiger partial charge >= 0.3 is 0 Å². The third-order valence-electron chi connectivity index (χ3n) is 3.52. The number of aliphatic hydroxyl groups is 1. The highest BCUT2D eigenvalue weighted by Gasteiger charge is 2.29. The maximum atomic E-state index is 12.5. The molecule has 1 heterocycles. The van der Waals surface area contributed by atoms with Gasteiger partial charge in [0.2, 0.25) is 10.0 Å². The van der Waals surface area contributed by atoms with Crippen molar-refractivity contribution in [3.63, 3.8) is 0 Å². The number of nitrogens with zero attached hydrogens (tertiary/aromatic N) is 1. The van der Waals surface area contributed by atoms with Crippen molar-refractivity contribution in [3.8, 4) is 0 Å². The largest absolute Gasteiger partial charge is 0.392 e. The molecular weight excluding hydrogens is 278 g/mol. The Hall–Kier alpha value is -0.950. The molecule has 2 rings (SSSR count). The normalized spacial score (nSPS) is 18.3. The molecule has 1 aromatic carbocycles. The molecule has 0 aromatic heterocycles. The van der Waals surface area contributed by atoms with E-state index < -0.39 is 10.0 Å². The molecule has 0 radical (unpaired) electrons. The Bertz CT molecular complexity index is 536. The smallest absolute Gasteiger partial charge is 0.243 e. The summed E-state index contributed by atoms with van der Waals surface area (Å²) in [6, 6.07) is 6.47. The molecule has 1 aliphatic rings. The van der Waals surface area contributed by atoms with E-state index in [4.69, 9.17) is 9.84 Å². The maximum absolute atomic E-state index is 12.5. The Balaban J connectivity index is 2.11. The zero-order valence-corrected chi connectivity index (χ0v) is 12.5. The van der Waals surface area contributed by atoms with Crippen LogP contribution in [0.1, 0.15) is 25.3 Å². The lowest BCUT2D eigenvalue weighted by Gasteiger charge is -2.31. The van der Waals surface area contributed by atoms with Crippen LogP contribution in [0.2, 0.25) is 0 Å². The standard InChI is InChI=1S/C14H21NO4S/c1-2-19-13-6-8-15(9-7-13)20(17,18)14-5-3-4-12(10-14)11-16/h3-5,10,13,16H,2,6-9,11H2,1H3. The molecule has 1 aromatic rings. The molecule has 0 saturated carbocycles. The highest BCUT2D eigenvalue weighted by molar-refractivity contribution is 7.89. The van der Waals surface area contributed by atoms with Crippen molar-refractivity contribution < 1.29 is 18.3 Å². The first kappa shape index (κ1) is 15.4. The summed E-state index contributed by atoms with van der Waals surface area (Å²) in [6.07, 6.45) is 1.62. The summed E-state index contributed by atoms with van der Waals surface area (Å²) in [7, 11) is -3.47. The lowest BCUT2D eigenvalue weighted by Crippen LogP contribution is -2.40. The first-order valence-electron chi connectivity index (χ1n) is 6.89. The molecule has 20 heavy (non-hydrogen) atoms. The number of aliphatic hydroxyl groups excluding tert-OH is 1. The Labute approximate surface area is 120 Å². The summed E-state index contributed by atoms with van der Waals surface area (Å²) in [5.74, 6) is 0. The fraction of sp³-hybridized carbons (Fsp3) is 0.571. The molecule has 6 heteroatoms. The molecule has 0 bridgehead atoms. The van der Waals surface area contributed by atoms with Crippen molar-refractivity contribution >= 4 is 10.0 Å². The summed E-state index contributed by atoms with van der Waals surface area (Å²) in [4.78, 5) is 0.249. The number of rotatable bonds is 5. The summed E-state index contributed by atoms with van der Waals surface area (Å²) in [6.45, 7) is 3.42. The predicted octanol–water partition coefficient (Wildman–Crippen LogP) is 1.37. The van der Waals surface area contributed by atoms with Crippen LogP contribution in [-0.4, -0.2) is 43.6 Å². The molecule has 1 aliphatic heterocycles. The summed E-state index contributed by atoms with van der Waals surface area (Å²) < 4.78 is 32.1. The Morgan fingerprint density at radius 1 is 1.35 bits per heavy atom. The van der Waals surface area contributed by atoms with Gasteiger partial charge in [0, 0.05) is 19.7 Å². The van der Waals surface area contributed by atoms with Crippen molar-refractivity contribution in [1.82, 2.24) is 4.31 Å². The summed E-state index contributed by atoms with van der Waals surface area (Å²) >= 11 is 0. The van der Waals surface area contributed by atoms with E-state index in [0.29, 0.717) is 25.3 Å². The van der Waals surface area contributed by atoms with E-state index in [9.17, 15) is 8.42 Å². The molecule has 0 spiro atoms. The van der Waals surface area contributed by atoms with Gasteiger partial charge < -0.3 is 9.84 Å². The highest BCUT2D eigenvalue weighted by Crippen LogP contribution is 2.22. The molecule has 112 valence electrons. The number of hydrogen-bond acceptors (Lipinski definition) is 4. The fourth-order valence-corrected chi connectivity index (χ4v) is 3.97. The van der Waals surface area contributed by atoms with Crippen LogP contribution in [0.15, 0.2) is 29.2 Å². The first-order valence-corrected chi connectivity index (χ1v) is 8.33. The van der Waals surface area contributed by atoms with Gasteiger partial charge in [-0.2, -0.15) is 4.31 Å².